The molecular formula is C24H24N2O3. The lowest BCUT2D eigenvalue weighted by Gasteiger charge is -2.31. The van der Waals surface area contributed by atoms with Crippen LogP contribution in [-0.2, 0) is 11.2 Å². The molecule has 0 N–H and O–H groups in total. The first-order valence-electron chi connectivity index (χ1n) is 10.2. The summed E-state index contributed by atoms with van der Waals surface area (Å²) in [5.41, 5.74) is 3.88. The molecule has 3 aromatic rings. The van der Waals surface area contributed by atoms with Gasteiger partial charge in [0.05, 0.1) is 18.2 Å². The number of aromatic nitrogens is 1. The van der Waals surface area contributed by atoms with E-state index in [0.717, 1.165) is 53.5 Å². The maximum Gasteiger partial charge on any atom is 0.260 e. The van der Waals surface area contributed by atoms with Crippen LogP contribution in [0.2, 0.25) is 0 Å². The van der Waals surface area contributed by atoms with Crippen LogP contribution in [0.1, 0.15) is 40.0 Å². The van der Waals surface area contributed by atoms with Crippen molar-refractivity contribution in [2.24, 2.45) is 0 Å². The van der Waals surface area contributed by atoms with E-state index < -0.39 is 0 Å². The number of rotatable bonds is 4. The second-order valence-corrected chi connectivity index (χ2v) is 7.88. The van der Waals surface area contributed by atoms with Crippen molar-refractivity contribution in [3.63, 3.8) is 0 Å². The Morgan fingerprint density at radius 3 is 2.79 bits per heavy atom. The van der Waals surface area contributed by atoms with E-state index in [-0.39, 0.29) is 18.7 Å². The lowest BCUT2D eigenvalue weighted by atomic mass is 9.94. The van der Waals surface area contributed by atoms with Crippen LogP contribution in [0.3, 0.4) is 0 Å². The van der Waals surface area contributed by atoms with Crippen molar-refractivity contribution < 1.29 is 14.3 Å². The average molecular weight is 388 g/mol. The molecule has 1 unspecified atom stereocenters. The fourth-order valence-electron chi connectivity index (χ4n) is 4.25. The molecule has 1 atom stereocenters. The Morgan fingerprint density at radius 2 is 2.03 bits per heavy atom. The van der Waals surface area contributed by atoms with Gasteiger partial charge in [-0.25, -0.2) is 0 Å². The Labute approximate surface area is 170 Å². The summed E-state index contributed by atoms with van der Waals surface area (Å²) in [4.78, 5) is 19.5. The minimum Gasteiger partial charge on any atom is -0.472 e. The number of pyridine rings is 1. The lowest BCUT2D eigenvalue weighted by molar-refractivity contribution is 0.0265. The van der Waals surface area contributed by atoms with E-state index in [2.05, 4.69) is 17.1 Å². The largest absolute Gasteiger partial charge is 0.472 e. The smallest absolute Gasteiger partial charge is 0.260 e. The topological polar surface area (TPSA) is 51.7 Å². The van der Waals surface area contributed by atoms with E-state index in [1.165, 1.54) is 0 Å². The SMILES string of the molecule is Cc1ccc(Cc2cc3c(c4ccccc24)OCN(CC2CCCO2)C3=O)cn1. The zero-order valence-electron chi connectivity index (χ0n) is 16.6. The molecule has 2 aliphatic rings. The minimum absolute atomic E-state index is 0.0239. The van der Waals surface area contributed by atoms with E-state index in [0.29, 0.717) is 17.9 Å². The van der Waals surface area contributed by atoms with Crippen molar-refractivity contribution in [3.05, 3.63) is 71.0 Å². The molecule has 3 heterocycles. The quantitative estimate of drug-likeness (QED) is 0.675. The van der Waals surface area contributed by atoms with E-state index in [1.807, 2.05) is 43.5 Å². The van der Waals surface area contributed by atoms with Gasteiger partial charge in [-0.2, -0.15) is 0 Å². The molecule has 1 saturated heterocycles. The van der Waals surface area contributed by atoms with Gasteiger partial charge in [-0.1, -0.05) is 30.3 Å². The van der Waals surface area contributed by atoms with Crippen LogP contribution in [0.15, 0.2) is 48.7 Å². The van der Waals surface area contributed by atoms with Gasteiger partial charge in [0.25, 0.3) is 5.91 Å². The second-order valence-electron chi connectivity index (χ2n) is 7.88. The highest BCUT2D eigenvalue weighted by atomic mass is 16.5. The lowest BCUT2D eigenvalue weighted by Crippen LogP contribution is -2.43. The molecule has 0 bridgehead atoms. The molecule has 5 nitrogen and oxygen atoms in total. The molecule has 2 aromatic carbocycles. The summed E-state index contributed by atoms with van der Waals surface area (Å²) >= 11 is 0. The van der Waals surface area contributed by atoms with Crippen LogP contribution in [0, 0.1) is 6.92 Å². The standard InChI is InChI=1S/C24H24N2O3/c1-16-8-9-17(13-25-16)11-18-12-22-23(21-7-3-2-6-20(18)21)29-15-26(24(22)27)14-19-5-4-10-28-19/h2-3,6-9,12-13,19H,4-5,10-11,14-15H2,1H3. The minimum atomic E-state index is 0.0239. The third-order valence-corrected chi connectivity index (χ3v) is 5.78. The van der Waals surface area contributed by atoms with Gasteiger partial charge >= 0.3 is 0 Å². The van der Waals surface area contributed by atoms with Crippen LogP contribution in [0.4, 0.5) is 0 Å². The van der Waals surface area contributed by atoms with Crippen molar-refractivity contribution in [1.82, 2.24) is 9.88 Å². The first kappa shape index (κ1) is 18.1. The highest BCUT2D eigenvalue weighted by molar-refractivity contribution is 6.05. The monoisotopic (exact) mass is 388 g/mol. The molecule has 148 valence electrons. The molecule has 5 rings (SSSR count). The first-order valence-corrected chi connectivity index (χ1v) is 10.2. The Bertz CT molecular complexity index is 1060. The number of aryl methyl sites for hydroxylation is 1. The zero-order chi connectivity index (χ0) is 19.8. The van der Waals surface area contributed by atoms with Crippen molar-refractivity contribution in [2.45, 2.75) is 32.3 Å². The molecule has 2 aliphatic heterocycles. The van der Waals surface area contributed by atoms with E-state index in [4.69, 9.17) is 9.47 Å². The number of amides is 1. The summed E-state index contributed by atoms with van der Waals surface area (Å²) in [7, 11) is 0. The number of hydrogen-bond acceptors (Lipinski definition) is 4. The molecule has 0 aliphatic carbocycles. The second kappa shape index (κ2) is 7.48. The van der Waals surface area contributed by atoms with Gasteiger partial charge in [-0.15, -0.1) is 0 Å². The van der Waals surface area contributed by atoms with E-state index >= 15 is 0 Å². The summed E-state index contributed by atoms with van der Waals surface area (Å²) in [5.74, 6) is 0.718. The Balaban J connectivity index is 1.53. The molecule has 1 aromatic heterocycles. The molecule has 1 fully saturated rings. The van der Waals surface area contributed by atoms with Gasteiger partial charge in [-0.3, -0.25) is 9.78 Å². The van der Waals surface area contributed by atoms with Gasteiger partial charge in [0.15, 0.2) is 6.73 Å². The molecule has 5 heteroatoms. The predicted molar refractivity (Wildman–Crippen MR) is 111 cm³/mol. The number of hydrogen-bond donors (Lipinski definition) is 0. The van der Waals surface area contributed by atoms with Crippen LogP contribution >= 0.6 is 0 Å². The molecule has 0 spiro atoms. The van der Waals surface area contributed by atoms with Gasteiger partial charge in [0.2, 0.25) is 0 Å². The van der Waals surface area contributed by atoms with Crippen LogP contribution in [0.5, 0.6) is 5.75 Å². The van der Waals surface area contributed by atoms with Crippen molar-refractivity contribution in [3.8, 4) is 5.75 Å². The van der Waals surface area contributed by atoms with Gasteiger partial charge < -0.3 is 14.4 Å². The molecule has 0 saturated carbocycles. The average Bonchev–Trinajstić information content (AvgIpc) is 3.25. The van der Waals surface area contributed by atoms with Crippen LogP contribution in [-0.4, -0.2) is 41.8 Å². The van der Waals surface area contributed by atoms with Crippen molar-refractivity contribution in [2.75, 3.05) is 19.9 Å². The predicted octanol–water partition coefficient (Wildman–Crippen LogP) is 4.11. The summed E-state index contributed by atoms with van der Waals surface area (Å²) in [5, 5.41) is 2.11. The summed E-state index contributed by atoms with van der Waals surface area (Å²) < 4.78 is 11.8. The number of benzene rings is 2. The molecule has 29 heavy (non-hydrogen) atoms. The fraction of sp³-hybridized carbons (Fsp3) is 0.333. The van der Waals surface area contributed by atoms with Crippen LogP contribution in [0.25, 0.3) is 10.8 Å². The van der Waals surface area contributed by atoms with Gasteiger partial charge in [-0.05, 0) is 54.8 Å². The van der Waals surface area contributed by atoms with Gasteiger partial charge in [0.1, 0.15) is 5.75 Å². The molecule has 0 radical (unpaired) electrons. The molecular weight excluding hydrogens is 364 g/mol. The third kappa shape index (κ3) is 3.47. The number of nitrogens with zero attached hydrogens (tertiary/aromatic N) is 2. The fourth-order valence-corrected chi connectivity index (χ4v) is 4.25. The summed E-state index contributed by atoms with van der Waals surface area (Å²) in [6, 6.07) is 14.3. The summed E-state index contributed by atoms with van der Waals surface area (Å²) in [6.45, 7) is 3.62. The normalized spacial score (nSPS) is 18.7. The van der Waals surface area contributed by atoms with E-state index in [9.17, 15) is 4.79 Å². The third-order valence-electron chi connectivity index (χ3n) is 5.78. The van der Waals surface area contributed by atoms with Gasteiger partial charge in [0, 0.05) is 23.9 Å². The maximum absolute atomic E-state index is 13.3. The van der Waals surface area contributed by atoms with Crippen molar-refractivity contribution >= 4 is 16.7 Å². The summed E-state index contributed by atoms with van der Waals surface area (Å²) in [6.07, 6.45) is 4.80. The zero-order valence-corrected chi connectivity index (χ0v) is 16.6. The Hall–Kier alpha value is -2.92. The van der Waals surface area contributed by atoms with Crippen LogP contribution < -0.4 is 4.74 Å². The number of ether oxygens (including phenoxy) is 2. The van der Waals surface area contributed by atoms with E-state index in [1.54, 1.807) is 4.90 Å². The maximum atomic E-state index is 13.3. The Morgan fingerprint density at radius 1 is 1.17 bits per heavy atom. The molecule has 1 amide bonds. The number of carbonyl (C=O) groups is 1. The number of fused-ring (bicyclic) bond motifs is 3. The van der Waals surface area contributed by atoms with Crippen molar-refractivity contribution in [1.29, 1.82) is 0 Å². The first-order chi connectivity index (χ1) is 14.2. The Kier molecular flexibility index (Phi) is 4.68. The number of carbonyl (C=O) groups excluding carboxylic acids is 1. The highest BCUT2D eigenvalue weighted by Gasteiger charge is 2.31. The highest BCUT2D eigenvalue weighted by Crippen LogP contribution is 2.37.